The number of hydrogen-bond acceptors (Lipinski definition) is 3. The minimum atomic E-state index is -0.293. The molecule has 1 aliphatic heterocycles. The van der Waals surface area contributed by atoms with E-state index in [1.165, 1.54) is 0 Å². The second-order valence-electron chi connectivity index (χ2n) is 4.42. The molecule has 4 nitrogen and oxygen atoms in total. The highest BCUT2D eigenvalue weighted by molar-refractivity contribution is 6.32. The molecule has 0 aromatic heterocycles. The molecule has 0 aliphatic carbocycles. The summed E-state index contributed by atoms with van der Waals surface area (Å²) in [6, 6.07) is 5.52. The van der Waals surface area contributed by atoms with Gasteiger partial charge in [0.25, 0.3) is 0 Å². The van der Waals surface area contributed by atoms with Crippen LogP contribution in [0, 0.1) is 0 Å². The monoisotopic (exact) mass is 283 g/mol. The Labute approximate surface area is 118 Å². The zero-order valence-corrected chi connectivity index (χ0v) is 11.7. The van der Waals surface area contributed by atoms with Crippen LogP contribution >= 0.6 is 11.6 Å². The molecule has 0 spiro atoms. The molecule has 1 heterocycles. The SMILES string of the molecule is CCOc1ccc(CNC(=O)C2CCCO2)cc1Cl. The van der Waals surface area contributed by atoms with Crippen LogP contribution in [0.1, 0.15) is 25.3 Å². The van der Waals surface area contributed by atoms with Gasteiger partial charge < -0.3 is 14.8 Å². The molecule has 1 aliphatic rings. The lowest BCUT2D eigenvalue weighted by molar-refractivity contribution is -0.130. The molecular formula is C14H18ClNO3. The third-order valence-electron chi connectivity index (χ3n) is 2.98. The molecule has 0 saturated carbocycles. The number of amides is 1. The van der Waals surface area contributed by atoms with Gasteiger partial charge in [-0.1, -0.05) is 17.7 Å². The number of hydrogen-bond donors (Lipinski definition) is 1. The minimum absolute atomic E-state index is 0.0532. The summed E-state index contributed by atoms with van der Waals surface area (Å²) >= 11 is 6.09. The van der Waals surface area contributed by atoms with Crippen molar-refractivity contribution in [3.63, 3.8) is 0 Å². The normalized spacial score (nSPS) is 18.3. The lowest BCUT2D eigenvalue weighted by Gasteiger charge is -2.11. The van der Waals surface area contributed by atoms with Crippen LogP contribution in [-0.4, -0.2) is 25.2 Å². The van der Waals surface area contributed by atoms with Gasteiger partial charge in [0, 0.05) is 13.2 Å². The molecular weight excluding hydrogens is 266 g/mol. The molecule has 104 valence electrons. The highest BCUT2D eigenvalue weighted by Gasteiger charge is 2.22. The van der Waals surface area contributed by atoms with Gasteiger partial charge in [0.2, 0.25) is 5.91 Å². The van der Waals surface area contributed by atoms with E-state index in [0.29, 0.717) is 30.5 Å². The molecule has 0 radical (unpaired) electrons. The van der Waals surface area contributed by atoms with E-state index in [1.54, 1.807) is 0 Å². The van der Waals surface area contributed by atoms with Gasteiger partial charge in [-0.3, -0.25) is 4.79 Å². The lowest BCUT2D eigenvalue weighted by atomic mass is 10.2. The van der Waals surface area contributed by atoms with Crippen LogP contribution in [0.15, 0.2) is 18.2 Å². The van der Waals surface area contributed by atoms with Gasteiger partial charge in [-0.2, -0.15) is 0 Å². The maximum Gasteiger partial charge on any atom is 0.249 e. The molecule has 1 saturated heterocycles. The molecule has 1 amide bonds. The predicted octanol–water partition coefficient (Wildman–Crippen LogP) is 2.53. The Bertz CT molecular complexity index is 444. The summed E-state index contributed by atoms with van der Waals surface area (Å²) < 4.78 is 10.7. The lowest BCUT2D eigenvalue weighted by Crippen LogP contribution is -2.33. The quantitative estimate of drug-likeness (QED) is 0.903. The van der Waals surface area contributed by atoms with E-state index in [1.807, 2.05) is 25.1 Å². The zero-order valence-electron chi connectivity index (χ0n) is 10.9. The summed E-state index contributed by atoms with van der Waals surface area (Å²) in [4.78, 5) is 11.8. The highest BCUT2D eigenvalue weighted by Crippen LogP contribution is 2.25. The molecule has 19 heavy (non-hydrogen) atoms. The van der Waals surface area contributed by atoms with E-state index in [-0.39, 0.29) is 12.0 Å². The van der Waals surface area contributed by atoms with Crippen LogP contribution in [0.5, 0.6) is 5.75 Å². The Hall–Kier alpha value is -1.26. The first kappa shape index (κ1) is 14.2. The van der Waals surface area contributed by atoms with Crippen molar-refractivity contribution in [3.8, 4) is 5.75 Å². The van der Waals surface area contributed by atoms with Crippen LogP contribution in [0.25, 0.3) is 0 Å². The van der Waals surface area contributed by atoms with Crippen molar-refractivity contribution in [2.24, 2.45) is 0 Å². The second kappa shape index (κ2) is 6.78. The van der Waals surface area contributed by atoms with E-state index in [0.717, 1.165) is 18.4 Å². The number of ether oxygens (including phenoxy) is 2. The molecule has 1 fully saturated rings. The Morgan fingerprint density at radius 1 is 1.58 bits per heavy atom. The summed E-state index contributed by atoms with van der Waals surface area (Å²) in [5.74, 6) is 0.612. The highest BCUT2D eigenvalue weighted by atomic mass is 35.5. The van der Waals surface area contributed by atoms with E-state index in [2.05, 4.69) is 5.32 Å². The third kappa shape index (κ3) is 3.85. The molecule has 1 N–H and O–H groups in total. The summed E-state index contributed by atoms with van der Waals surface area (Å²) in [7, 11) is 0. The molecule has 2 rings (SSSR count). The van der Waals surface area contributed by atoms with Crippen molar-refractivity contribution in [3.05, 3.63) is 28.8 Å². The smallest absolute Gasteiger partial charge is 0.249 e. The van der Waals surface area contributed by atoms with Crippen molar-refractivity contribution >= 4 is 17.5 Å². The molecule has 1 aromatic carbocycles. The number of carbonyl (C=O) groups excluding carboxylic acids is 1. The number of rotatable bonds is 5. The van der Waals surface area contributed by atoms with Crippen LogP contribution in [0.4, 0.5) is 0 Å². The number of carbonyl (C=O) groups is 1. The first-order valence-electron chi connectivity index (χ1n) is 6.51. The number of nitrogens with one attached hydrogen (secondary N) is 1. The van der Waals surface area contributed by atoms with E-state index in [9.17, 15) is 4.79 Å². The molecule has 5 heteroatoms. The van der Waals surface area contributed by atoms with Gasteiger partial charge in [0.1, 0.15) is 11.9 Å². The fourth-order valence-electron chi connectivity index (χ4n) is 2.01. The van der Waals surface area contributed by atoms with E-state index >= 15 is 0 Å². The molecule has 1 atom stereocenters. The van der Waals surface area contributed by atoms with Crippen LogP contribution in [0.2, 0.25) is 5.02 Å². The second-order valence-corrected chi connectivity index (χ2v) is 4.82. The zero-order chi connectivity index (χ0) is 13.7. The summed E-state index contributed by atoms with van der Waals surface area (Å²) in [5.41, 5.74) is 0.944. The van der Waals surface area contributed by atoms with Gasteiger partial charge in [-0.15, -0.1) is 0 Å². The third-order valence-corrected chi connectivity index (χ3v) is 3.28. The average Bonchev–Trinajstić information content (AvgIpc) is 2.93. The molecule has 0 bridgehead atoms. The Morgan fingerprint density at radius 2 is 2.42 bits per heavy atom. The number of halogens is 1. The van der Waals surface area contributed by atoms with Crippen molar-refractivity contribution in [1.29, 1.82) is 0 Å². The van der Waals surface area contributed by atoms with Crippen molar-refractivity contribution < 1.29 is 14.3 Å². The van der Waals surface area contributed by atoms with Gasteiger partial charge in [0.05, 0.1) is 11.6 Å². The van der Waals surface area contributed by atoms with Crippen LogP contribution < -0.4 is 10.1 Å². The van der Waals surface area contributed by atoms with E-state index in [4.69, 9.17) is 21.1 Å². The van der Waals surface area contributed by atoms with Crippen LogP contribution in [0.3, 0.4) is 0 Å². The summed E-state index contributed by atoms with van der Waals surface area (Å²) in [6.45, 7) is 3.61. The molecule has 1 unspecified atom stereocenters. The first-order valence-corrected chi connectivity index (χ1v) is 6.89. The Balaban J connectivity index is 1.88. The topological polar surface area (TPSA) is 47.6 Å². The fourth-order valence-corrected chi connectivity index (χ4v) is 2.27. The maximum absolute atomic E-state index is 11.8. The van der Waals surface area contributed by atoms with Crippen LogP contribution in [-0.2, 0) is 16.1 Å². The molecule has 1 aromatic rings. The van der Waals surface area contributed by atoms with Gasteiger partial charge in [-0.05, 0) is 37.5 Å². The van der Waals surface area contributed by atoms with Crippen molar-refractivity contribution in [1.82, 2.24) is 5.32 Å². The fraction of sp³-hybridized carbons (Fsp3) is 0.500. The summed E-state index contributed by atoms with van der Waals surface area (Å²) in [6.07, 6.45) is 1.46. The Kier molecular flexibility index (Phi) is 5.05. The van der Waals surface area contributed by atoms with Crippen molar-refractivity contribution in [2.45, 2.75) is 32.4 Å². The maximum atomic E-state index is 11.8. The first-order chi connectivity index (χ1) is 9.20. The standard InChI is InChI=1S/C14H18ClNO3/c1-2-18-12-6-5-10(8-11(12)15)9-16-14(17)13-4-3-7-19-13/h5-6,8,13H,2-4,7,9H2,1H3,(H,16,17). The summed E-state index contributed by atoms with van der Waals surface area (Å²) in [5, 5.41) is 3.42. The van der Waals surface area contributed by atoms with Gasteiger partial charge >= 0.3 is 0 Å². The Morgan fingerprint density at radius 3 is 3.05 bits per heavy atom. The average molecular weight is 284 g/mol. The largest absolute Gasteiger partial charge is 0.492 e. The van der Waals surface area contributed by atoms with Gasteiger partial charge in [0.15, 0.2) is 0 Å². The number of benzene rings is 1. The van der Waals surface area contributed by atoms with Gasteiger partial charge in [-0.25, -0.2) is 0 Å². The van der Waals surface area contributed by atoms with Crippen molar-refractivity contribution in [2.75, 3.05) is 13.2 Å². The van der Waals surface area contributed by atoms with E-state index < -0.39 is 0 Å². The minimum Gasteiger partial charge on any atom is -0.492 e. The predicted molar refractivity (Wildman–Crippen MR) is 73.4 cm³/mol.